The molecule has 0 saturated heterocycles. The molecule has 0 aliphatic carbocycles. The second kappa shape index (κ2) is 5.98. The van der Waals surface area contributed by atoms with Crippen LogP contribution in [-0.2, 0) is 6.54 Å². The van der Waals surface area contributed by atoms with E-state index in [2.05, 4.69) is 52.0 Å². The molecule has 1 N–H and O–H groups in total. The van der Waals surface area contributed by atoms with Crippen LogP contribution in [0, 0.1) is 0 Å². The first-order valence-corrected chi connectivity index (χ1v) is 6.63. The van der Waals surface area contributed by atoms with Crippen molar-refractivity contribution >= 4 is 22.1 Å². The van der Waals surface area contributed by atoms with Crippen molar-refractivity contribution in [2.75, 3.05) is 0 Å². The van der Waals surface area contributed by atoms with E-state index in [4.69, 9.17) is 0 Å². The van der Waals surface area contributed by atoms with Crippen molar-refractivity contribution < 1.29 is 0 Å². The maximum absolute atomic E-state index is 4.15. The Morgan fingerprint density at radius 1 is 1.56 bits per heavy atom. The fourth-order valence-electron chi connectivity index (χ4n) is 1.73. The largest absolute Gasteiger partial charge is 0.306 e. The Morgan fingerprint density at radius 2 is 2.39 bits per heavy atom. The molecule has 0 unspecified atom stereocenters. The van der Waals surface area contributed by atoms with Gasteiger partial charge in [-0.25, -0.2) is 4.68 Å². The molecule has 3 nitrogen and oxygen atoms in total. The topological polar surface area (TPSA) is 29.9 Å². The van der Waals surface area contributed by atoms with Gasteiger partial charge in [-0.2, -0.15) is 5.10 Å². The molecular weight excluding hydrogens is 290 g/mol. The summed E-state index contributed by atoms with van der Waals surface area (Å²) in [4.78, 5) is 0. The zero-order chi connectivity index (χ0) is 13.0. The molecule has 0 fully saturated rings. The number of nitrogens with one attached hydrogen (secondary N) is 1. The van der Waals surface area contributed by atoms with Crippen LogP contribution in [0.3, 0.4) is 0 Å². The molecule has 0 aliphatic heterocycles. The second-order valence-corrected chi connectivity index (χ2v) is 5.08. The van der Waals surface area contributed by atoms with Gasteiger partial charge in [-0.05, 0) is 24.6 Å². The van der Waals surface area contributed by atoms with Crippen LogP contribution >= 0.6 is 15.9 Å². The normalized spacial score (nSPS) is 12.3. The van der Waals surface area contributed by atoms with Gasteiger partial charge in [-0.3, -0.25) is 0 Å². The average molecular weight is 306 g/mol. The summed E-state index contributed by atoms with van der Waals surface area (Å²) in [5.41, 5.74) is 2.41. The van der Waals surface area contributed by atoms with Crippen LogP contribution in [0.4, 0.5) is 0 Å². The number of aromatic nitrogens is 2. The molecule has 1 heterocycles. The molecule has 1 atom stereocenters. The summed E-state index contributed by atoms with van der Waals surface area (Å²) in [6.07, 6.45) is 5.50. The predicted molar refractivity (Wildman–Crippen MR) is 78.0 cm³/mol. The van der Waals surface area contributed by atoms with Crippen molar-refractivity contribution in [3.8, 4) is 0 Å². The van der Waals surface area contributed by atoms with Gasteiger partial charge in [0.25, 0.3) is 0 Å². The van der Waals surface area contributed by atoms with Crippen molar-refractivity contribution in [2.24, 2.45) is 0 Å². The lowest BCUT2D eigenvalue weighted by molar-refractivity contribution is 0.574. The van der Waals surface area contributed by atoms with Crippen molar-refractivity contribution in [1.29, 1.82) is 0 Å². The highest BCUT2D eigenvalue weighted by molar-refractivity contribution is 9.10. The summed E-state index contributed by atoms with van der Waals surface area (Å²) in [5.74, 6) is 0. The number of benzene rings is 1. The standard InChI is InChI=1S/C14H16BrN3/c1-3-18-10-12(9-17-18)8-16-11(2)13-5-4-6-14(15)7-13/h3-7,9-11,16H,1,8H2,2H3/t11-/m1/s1. The van der Waals surface area contributed by atoms with Crippen molar-refractivity contribution in [2.45, 2.75) is 19.5 Å². The van der Waals surface area contributed by atoms with E-state index >= 15 is 0 Å². The highest BCUT2D eigenvalue weighted by Gasteiger charge is 2.05. The molecule has 1 aromatic heterocycles. The molecule has 4 heteroatoms. The van der Waals surface area contributed by atoms with Crippen LogP contribution < -0.4 is 5.32 Å². The molecule has 18 heavy (non-hydrogen) atoms. The highest BCUT2D eigenvalue weighted by atomic mass is 79.9. The third-order valence-corrected chi connectivity index (χ3v) is 3.30. The Kier molecular flexibility index (Phi) is 4.33. The lowest BCUT2D eigenvalue weighted by Crippen LogP contribution is -2.17. The molecule has 0 amide bonds. The van der Waals surface area contributed by atoms with E-state index in [0.29, 0.717) is 6.04 Å². The fourth-order valence-corrected chi connectivity index (χ4v) is 2.15. The van der Waals surface area contributed by atoms with Gasteiger partial charge in [0.05, 0.1) is 6.20 Å². The molecule has 0 bridgehead atoms. The van der Waals surface area contributed by atoms with Crippen LogP contribution in [0.25, 0.3) is 6.20 Å². The minimum Gasteiger partial charge on any atom is -0.306 e. The van der Waals surface area contributed by atoms with E-state index in [-0.39, 0.29) is 0 Å². The number of rotatable bonds is 5. The molecule has 1 aromatic carbocycles. The number of hydrogen-bond acceptors (Lipinski definition) is 2. The summed E-state index contributed by atoms with van der Waals surface area (Å²) in [6, 6.07) is 8.63. The number of nitrogens with zero attached hydrogens (tertiary/aromatic N) is 2. The van der Waals surface area contributed by atoms with Crippen LogP contribution in [0.1, 0.15) is 24.1 Å². The Bertz CT molecular complexity index is 533. The molecule has 0 aliphatic rings. The Morgan fingerprint density at radius 3 is 3.06 bits per heavy atom. The Hall–Kier alpha value is -1.39. The van der Waals surface area contributed by atoms with Crippen LogP contribution in [-0.4, -0.2) is 9.78 Å². The second-order valence-electron chi connectivity index (χ2n) is 4.17. The maximum Gasteiger partial charge on any atom is 0.0538 e. The molecule has 2 rings (SSSR count). The van der Waals surface area contributed by atoms with E-state index in [0.717, 1.165) is 16.6 Å². The molecule has 0 saturated carbocycles. The summed E-state index contributed by atoms with van der Waals surface area (Å²) in [7, 11) is 0. The van der Waals surface area contributed by atoms with E-state index in [1.54, 1.807) is 10.9 Å². The van der Waals surface area contributed by atoms with Gasteiger partial charge < -0.3 is 5.32 Å². The Labute approximate surface area is 116 Å². The summed E-state index contributed by atoms with van der Waals surface area (Å²) >= 11 is 3.49. The van der Waals surface area contributed by atoms with Crippen LogP contribution in [0.15, 0.2) is 47.7 Å². The zero-order valence-corrected chi connectivity index (χ0v) is 11.9. The van der Waals surface area contributed by atoms with Gasteiger partial charge in [-0.1, -0.05) is 34.6 Å². The zero-order valence-electron chi connectivity index (χ0n) is 10.3. The fraction of sp³-hybridized carbons (Fsp3) is 0.214. The van der Waals surface area contributed by atoms with E-state index in [9.17, 15) is 0 Å². The minimum atomic E-state index is 0.301. The first-order chi connectivity index (χ1) is 8.69. The summed E-state index contributed by atoms with van der Waals surface area (Å²) in [6.45, 7) is 6.62. The van der Waals surface area contributed by atoms with Gasteiger partial charge in [0.2, 0.25) is 0 Å². The summed E-state index contributed by atoms with van der Waals surface area (Å²) < 4.78 is 2.81. The van der Waals surface area contributed by atoms with Gasteiger partial charge in [0.15, 0.2) is 0 Å². The third kappa shape index (κ3) is 3.31. The smallest absolute Gasteiger partial charge is 0.0538 e. The van der Waals surface area contributed by atoms with Crippen LogP contribution in [0.2, 0.25) is 0 Å². The molecule has 94 valence electrons. The van der Waals surface area contributed by atoms with E-state index < -0.39 is 0 Å². The first-order valence-electron chi connectivity index (χ1n) is 5.83. The monoisotopic (exact) mass is 305 g/mol. The minimum absolute atomic E-state index is 0.301. The van der Waals surface area contributed by atoms with E-state index in [1.165, 1.54) is 5.56 Å². The van der Waals surface area contributed by atoms with Crippen molar-refractivity contribution in [3.63, 3.8) is 0 Å². The van der Waals surface area contributed by atoms with E-state index in [1.807, 2.05) is 24.5 Å². The Balaban J connectivity index is 1.95. The third-order valence-electron chi connectivity index (χ3n) is 2.80. The van der Waals surface area contributed by atoms with Gasteiger partial charge >= 0.3 is 0 Å². The molecule has 2 aromatic rings. The van der Waals surface area contributed by atoms with Gasteiger partial charge in [0, 0.05) is 35.0 Å². The van der Waals surface area contributed by atoms with Crippen LogP contribution in [0.5, 0.6) is 0 Å². The van der Waals surface area contributed by atoms with Gasteiger partial charge in [-0.15, -0.1) is 0 Å². The highest BCUT2D eigenvalue weighted by Crippen LogP contribution is 2.18. The quantitative estimate of drug-likeness (QED) is 0.915. The number of hydrogen-bond donors (Lipinski definition) is 1. The predicted octanol–water partition coefficient (Wildman–Crippen LogP) is 3.60. The molecule has 0 radical (unpaired) electrons. The van der Waals surface area contributed by atoms with Crippen molar-refractivity contribution in [1.82, 2.24) is 15.1 Å². The SMILES string of the molecule is C=Cn1cc(CN[C@H](C)c2cccc(Br)c2)cn1. The van der Waals surface area contributed by atoms with Gasteiger partial charge in [0.1, 0.15) is 0 Å². The first kappa shape index (κ1) is 13.1. The van der Waals surface area contributed by atoms with Crippen molar-refractivity contribution in [3.05, 3.63) is 58.8 Å². The maximum atomic E-state index is 4.15. The average Bonchev–Trinajstić information content (AvgIpc) is 2.84. The lowest BCUT2D eigenvalue weighted by atomic mass is 10.1. The lowest BCUT2D eigenvalue weighted by Gasteiger charge is -2.13. The summed E-state index contributed by atoms with van der Waals surface area (Å²) in [5, 5.41) is 7.62. The molecular formula is C14H16BrN3. The molecule has 0 spiro atoms. The number of halogens is 1.